The Bertz CT molecular complexity index is 407. The van der Waals surface area contributed by atoms with Crippen LogP contribution in [-0.2, 0) is 0 Å². The van der Waals surface area contributed by atoms with Crippen molar-refractivity contribution in [1.82, 2.24) is 4.90 Å². The molecule has 1 fully saturated rings. The van der Waals surface area contributed by atoms with Gasteiger partial charge in [-0.25, -0.2) is 0 Å². The summed E-state index contributed by atoms with van der Waals surface area (Å²) in [5, 5.41) is 0. The van der Waals surface area contributed by atoms with E-state index in [0.29, 0.717) is 0 Å². The molecular weight excluding hydrogens is 256 g/mol. The second kappa shape index (κ2) is 7.42. The Morgan fingerprint density at radius 1 is 1.14 bits per heavy atom. The maximum absolute atomic E-state index is 6.58. The summed E-state index contributed by atoms with van der Waals surface area (Å²) in [4.78, 5) is 2.67. The third kappa shape index (κ3) is 4.31. The molecule has 0 aliphatic heterocycles. The van der Waals surface area contributed by atoms with Gasteiger partial charge in [-0.3, -0.25) is 0 Å². The highest BCUT2D eigenvalue weighted by Crippen LogP contribution is 2.34. The smallest absolute Gasteiger partial charge is 0.0359 e. The minimum atomic E-state index is 0.0921. The van der Waals surface area contributed by atoms with Crippen molar-refractivity contribution in [3.05, 3.63) is 35.9 Å². The van der Waals surface area contributed by atoms with Crippen LogP contribution < -0.4 is 5.73 Å². The van der Waals surface area contributed by atoms with E-state index in [1.165, 1.54) is 37.7 Å². The van der Waals surface area contributed by atoms with Gasteiger partial charge in [-0.05, 0) is 30.4 Å². The molecule has 118 valence electrons. The number of hydrogen-bond donors (Lipinski definition) is 1. The third-order valence-corrected chi connectivity index (χ3v) is 5.11. The number of hydrogen-bond acceptors (Lipinski definition) is 2. The first kappa shape index (κ1) is 16.5. The summed E-state index contributed by atoms with van der Waals surface area (Å²) in [7, 11) is 0. The van der Waals surface area contributed by atoms with Crippen LogP contribution in [0.15, 0.2) is 30.3 Å². The molecule has 1 aliphatic rings. The van der Waals surface area contributed by atoms with E-state index in [1.54, 1.807) is 0 Å². The number of benzene rings is 1. The largest absolute Gasteiger partial charge is 0.323 e. The van der Waals surface area contributed by atoms with E-state index in [4.69, 9.17) is 5.73 Å². The van der Waals surface area contributed by atoms with Gasteiger partial charge in [0.05, 0.1) is 0 Å². The Hall–Kier alpha value is -0.860. The van der Waals surface area contributed by atoms with Gasteiger partial charge >= 0.3 is 0 Å². The first-order valence-electron chi connectivity index (χ1n) is 8.59. The van der Waals surface area contributed by atoms with Crippen molar-refractivity contribution >= 4 is 0 Å². The summed E-state index contributed by atoms with van der Waals surface area (Å²) in [6.07, 6.45) is 6.94. The quantitative estimate of drug-likeness (QED) is 0.842. The molecule has 1 aliphatic carbocycles. The van der Waals surface area contributed by atoms with Crippen molar-refractivity contribution in [1.29, 1.82) is 0 Å². The average Bonchev–Trinajstić information content (AvgIpc) is 2.53. The van der Waals surface area contributed by atoms with Crippen molar-refractivity contribution < 1.29 is 0 Å². The van der Waals surface area contributed by atoms with E-state index >= 15 is 0 Å². The van der Waals surface area contributed by atoms with Crippen molar-refractivity contribution in [3.63, 3.8) is 0 Å². The summed E-state index contributed by atoms with van der Waals surface area (Å²) >= 11 is 0. The summed E-state index contributed by atoms with van der Waals surface area (Å²) in [6, 6.07) is 11.4. The van der Waals surface area contributed by atoms with Crippen LogP contribution in [0, 0.1) is 5.41 Å². The standard InChI is InChI=1S/C19H32N2/c1-4-21(17-13-9-6-10-14-17)15-19(2,3)18(20)16-11-7-5-8-12-16/h5,7-8,11-12,17-18H,4,6,9-10,13-15,20H2,1-3H3. The Morgan fingerprint density at radius 3 is 2.33 bits per heavy atom. The molecule has 1 saturated carbocycles. The molecule has 2 nitrogen and oxygen atoms in total. The molecule has 0 radical (unpaired) electrons. The minimum Gasteiger partial charge on any atom is -0.323 e. The molecule has 2 N–H and O–H groups in total. The molecule has 2 heteroatoms. The maximum Gasteiger partial charge on any atom is 0.0359 e. The third-order valence-electron chi connectivity index (χ3n) is 5.11. The molecule has 0 spiro atoms. The van der Waals surface area contributed by atoms with Crippen LogP contribution in [0.2, 0.25) is 0 Å². The molecule has 1 unspecified atom stereocenters. The van der Waals surface area contributed by atoms with E-state index in [2.05, 4.69) is 56.0 Å². The number of rotatable bonds is 6. The minimum absolute atomic E-state index is 0.0921. The second-order valence-corrected chi connectivity index (χ2v) is 7.23. The number of nitrogens with zero attached hydrogens (tertiary/aromatic N) is 1. The molecule has 0 heterocycles. The Kier molecular flexibility index (Phi) is 5.83. The van der Waals surface area contributed by atoms with Gasteiger partial charge in [-0.2, -0.15) is 0 Å². The Labute approximate surface area is 130 Å². The van der Waals surface area contributed by atoms with Crippen LogP contribution in [0.5, 0.6) is 0 Å². The van der Waals surface area contributed by atoms with E-state index in [0.717, 1.165) is 19.1 Å². The highest BCUT2D eigenvalue weighted by molar-refractivity contribution is 5.20. The van der Waals surface area contributed by atoms with Crippen molar-refractivity contribution in [2.75, 3.05) is 13.1 Å². The first-order valence-corrected chi connectivity index (χ1v) is 8.59. The van der Waals surface area contributed by atoms with E-state index in [1.807, 2.05) is 0 Å². The lowest BCUT2D eigenvalue weighted by Crippen LogP contribution is -2.46. The topological polar surface area (TPSA) is 29.3 Å². The summed E-state index contributed by atoms with van der Waals surface area (Å²) in [6.45, 7) is 9.14. The van der Waals surface area contributed by atoms with E-state index in [-0.39, 0.29) is 11.5 Å². The molecule has 0 amide bonds. The first-order chi connectivity index (χ1) is 10.0. The lowest BCUT2D eigenvalue weighted by Gasteiger charge is -2.41. The lowest BCUT2D eigenvalue weighted by atomic mass is 9.79. The van der Waals surface area contributed by atoms with Gasteiger partial charge in [-0.1, -0.05) is 70.4 Å². The Morgan fingerprint density at radius 2 is 1.76 bits per heavy atom. The van der Waals surface area contributed by atoms with Crippen LogP contribution in [0.4, 0.5) is 0 Å². The van der Waals surface area contributed by atoms with Gasteiger partial charge in [0.2, 0.25) is 0 Å². The molecule has 21 heavy (non-hydrogen) atoms. The molecule has 1 atom stereocenters. The molecular formula is C19H32N2. The average molecular weight is 288 g/mol. The summed E-state index contributed by atoms with van der Waals surface area (Å²) in [5.41, 5.74) is 7.92. The van der Waals surface area contributed by atoms with Gasteiger partial charge in [0.1, 0.15) is 0 Å². The molecule has 1 aromatic carbocycles. The van der Waals surface area contributed by atoms with Crippen LogP contribution in [0.3, 0.4) is 0 Å². The Balaban J connectivity index is 2.03. The fourth-order valence-electron chi connectivity index (χ4n) is 3.68. The molecule has 1 aromatic rings. The van der Waals surface area contributed by atoms with E-state index in [9.17, 15) is 0 Å². The predicted molar refractivity (Wildman–Crippen MR) is 91.3 cm³/mol. The molecule has 0 saturated heterocycles. The monoisotopic (exact) mass is 288 g/mol. The lowest BCUT2D eigenvalue weighted by molar-refractivity contribution is 0.0953. The van der Waals surface area contributed by atoms with Crippen molar-refractivity contribution in [3.8, 4) is 0 Å². The second-order valence-electron chi connectivity index (χ2n) is 7.23. The zero-order chi connectivity index (χ0) is 15.3. The summed E-state index contributed by atoms with van der Waals surface area (Å²) < 4.78 is 0. The normalized spacial score (nSPS) is 18.9. The zero-order valence-electron chi connectivity index (χ0n) is 14.0. The zero-order valence-corrected chi connectivity index (χ0v) is 14.0. The van der Waals surface area contributed by atoms with Gasteiger partial charge in [0, 0.05) is 18.6 Å². The molecule has 0 bridgehead atoms. The van der Waals surface area contributed by atoms with Crippen LogP contribution in [0.1, 0.15) is 64.5 Å². The van der Waals surface area contributed by atoms with Gasteiger partial charge in [0.25, 0.3) is 0 Å². The van der Waals surface area contributed by atoms with Crippen molar-refractivity contribution in [2.45, 2.75) is 65.0 Å². The highest BCUT2D eigenvalue weighted by atomic mass is 15.2. The van der Waals surface area contributed by atoms with Crippen LogP contribution in [0.25, 0.3) is 0 Å². The van der Waals surface area contributed by atoms with Crippen molar-refractivity contribution in [2.24, 2.45) is 11.1 Å². The van der Waals surface area contributed by atoms with E-state index < -0.39 is 0 Å². The van der Waals surface area contributed by atoms with Gasteiger partial charge in [-0.15, -0.1) is 0 Å². The molecule has 2 rings (SSSR count). The fourth-order valence-corrected chi connectivity index (χ4v) is 3.68. The molecule has 0 aromatic heterocycles. The highest BCUT2D eigenvalue weighted by Gasteiger charge is 2.32. The van der Waals surface area contributed by atoms with Crippen LogP contribution in [-0.4, -0.2) is 24.0 Å². The maximum atomic E-state index is 6.58. The van der Waals surface area contributed by atoms with Gasteiger partial charge < -0.3 is 10.6 Å². The predicted octanol–water partition coefficient (Wildman–Crippen LogP) is 4.37. The number of nitrogens with two attached hydrogens (primary N) is 1. The SMILES string of the molecule is CCN(CC(C)(C)C(N)c1ccccc1)C1CCCCC1. The fraction of sp³-hybridized carbons (Fsp3) is 0.684. The van der Waals surface area contributed by atoms with Crippen LogP contribution >= 0.6 is 0 Å². The van der Waals surface area contributed by atoms with Gasteiger partial charge in [0.15, 0.2) is 0 Å². The summed E-state index contributed by atoms with van der Waals surface area (Å²) in [5.74, 6) is 0.